The van der Waals surface area contributed by atoms with Gasteiger partial charge in [0.15, 0.2) is 11.3 Å². The van der Waals surface area contributed by atoms with Gasteiger partial charge >= 0.3 is 5.79 Å². The first-order valence-electron chi connectivity index (χ1n) is 18.4. The molecule has 0 unspecified atom stereocenters. The number of nitrogens with one attached hydrogen (secondary N) is 1. The SMILES string of the molecule is CO[C@H]1/C=C/O[C@@]2(C)Oc3c(C)c(O)c4c(=O)c(c5oc6cc(C)cc(O)c6nc-5c4c3C2=O)NC(=O)/C(C)=C\C=C\[C@H](C)[C@H](O)[C@@H](C)[C@@H](O)[C@@H](C)[C@H](O)[C@@H]1C. The molecule has 0 saturated heterocycles. The van der Waals surface area contributed by atoms with Crippen molar-refractivity contribution in [3.05, 3.63) is 75.2 Å². The van der Waals surface area contributed by atoms with Gasteiger partial charge in [-0.2, -0.15) is 0 Å². The molecule has 0 spiro atoms. The van der Waals surface area contributed by atoms with Crippen LogP contribution in [0.3, 0.4) is 0 Å². The molecule has 2 aromatic carbocycles. The van der Waals surface area contributed by atoms with E-state index in [9.17, 15) is 39.9 Å². The van der Waals surface area contributed by atoms with E-state index >= 15 is 0 Å². The lowest BCUT2D eigenvalue weighted by molar-refractivity contribution is -0.112. The summed E-state index contributed by atoms with van der Waals surface area (Å²) in [5, 5.41) is 58.4. The number of hydrogen-bond donors (Lipinski definition) is 6. The maximum atomic E-state index is 14.5. The van der Waals surface area contributed by atoms with Gasteiger partial charge in [-0.3, -0.25) is 14.4 Å². The van der Waals surface area contributed by atoms with Crippen molar-refractivity contribution in [2.45, 2.75) is 85.6 Å². The average molecular weight is 773 g/mol. The number of aryl methyl sites for hydroxylation is 1. The number of aliphatic hydroxyl groups excluding tert-OH is 3. The Balaban J connectivity index is 1.60. The highest BCUT2D eigenvalue weighted by Crippen LogP contribution is 2.50. The van der Waals surface area contributed by atoms with Crippen molar-refractivity contribution in [1.82, 2.24) is 4.98 Å². The summed E-state index contributed by atoms with van der Waals surface area (Å²) in [4.78, 5) is 47.3. The summed E-state index contributed by atoms with van der Waals surface area (Å²) >= 11 is 0. The molecule has 14 heteroatoms. The number of aromatic nitrogens is 1. The van der Waals surface area contributed by atoms with Crippen molar-refractivity contribution in [3.63, 3.8) is 0 Å². The molecule has 4 bridgehead atoms. The molecule has 0 saturated carbocycles. The second-order valence-electron chi connectivity index (χ2n) is 15.3. The number of phenolic OH excluding ortho intramolecular Hbond substituents is 2. The van der Waals surface area contributed by atoms with Gasteiger partial charge in [-0.25, -0.2) is 4.98 Å². The lowest BCUT2D eigenvalue weighted by atomic mass is 9.78. The highest BCUT2D eigenvalue weighted by Gasteiger charge is 2.50. The number of carbonyl (C=O) groups excluding carboxylic acids is 2. The van der Waals surface area contributed by atoms with E-state index in [1.807, 2.05) is 0 Å². The molecule has 9 atom stereocenters. The van der Waals surface area contributed by atoms with Gasteiger partial charge in [0.25, 0.3) is 11.7 Å². The van der Waals surface area contributed by atoms with E-state index in [1.165, 1.54) is 52.4 Å². The number of phenols is 2. The molecule has 6 rings (SSSR count). The predicted octanol–water partition coefficient (Wildman–Crippen LogP) is 5.39. The molecular formula is C42H48N2O12. The van der Waals surface area contributed by atoms with Crippen LogP contribution >= 0.6 is 0 Å². The topological polar surface area (TPSA) is 218 Å². The lowest BCUT2D eigenvalue weighted by Gasteiger charge is -2.36. The highest BCUT2D eigenvalue weighted by molar-refractivity contribution is 6.22. The standard InChI is InChI=1S/C42H48N2O12/c1-17-15-24(45)30-26(16-17)55-39-31(43-30)27-28-36(49)23(7)38-29(27)40(51)42(8,56-38)54-14-13-25(53-9)20(4)34(47)22(6)35(48)21(5)33(46)18(2)11-10-12-19(3)41(52)44-32(39)37(28)50/h10-16,18,20-22,25,33-35,45-49H,1-9H3,(H,44,52)/b11-10+,14-13+,19-12-/t18-,20+,21+,22-,25-,33-,34+,35+,42-/m0/s1. The number of rotatable bonds is 1. The summed E-state index contributed by atoms with van der Waals surface area (Å²) < 4.78 is 24.0. The van der Waals surface area contributed by atoms with Crippen LogP contribution in [-0.4, -0.2) is 79.5 Å². The van der Waals surface area contributed by atoms with Gasteiger partial charge in [0.2, 0.25) is 5.43 Å². The Morgan fingerprint density at radius 2 is 1.55 bits per heavy atom. The fourth-order valence-electron chi connectivity index (χ4n) is 7.63. The minimum atomic E-state index is -2.03. The fourth-order valence-corrected chi connectivity index (χ4v) is 7.63. The maximum Gasteiger partial charge on any atom is 0.312 e. The van der Waals surface area contributed by atoms with Crippen molar-refractivity contribution in [2.24, 2.45) is 23.7 Å². The third-order valence-electron chi connectivity index (χ3n) is 11.3. The number of ketones is 1. The van der Waals surface area contributed by atoms with E-state index in [1.54, 1.807) is 52.8 Å². The van der Waals surface area contributed by atoms with E-state index in [0.29, 0.717) is 5.56 Å². The number of nitrogens with zero attached hydrogens (tertiary/aromatic N) is 1. The van der Waals surface area contributed by atoms with Crippen LogP contribution in [0.5, 0.6) is 17.2 Å². The third-order valence-corrected chi connectivity index (χ3v) is 11.3. The van der Waals surface area contributed by atoms with Crippen LogP contribution in [0.1, 0.15) is 63.0 Å². The molecule has 6 N–H and O–H groups in total. The maximum absolute atomic E-state index is 14.5. The van der Waals surface area contributed by atoms with Crippen LogP contribution in [0.4, 0.5) is 5.69 Å². The first-order valence-corrected chi connectivity index (χ1v) is 18.4. The molecular weight excluding hydrogens is 724 g/mol. The summed E-state index contributed by atoms with van der Waals surface area (Å²) in [7, 11) is 1.43. The third kappa shape index (κ3) is 6.70. The summed E-state index contributed by atoms with van der Waals surface area (Å²) in [6.07, 6.45) is 3.37. The van der Waals surface area contributed by atoms with Crippen molar-refractivity contribution in [3.8, 4) is 28.7 Å². The number of carbonyl (C=O) groups is 2. The zero-order chi connectivity index (χ0) is 41.1. The van der Waals surface area contributed by atoms with Crippen LogP contribution in [0.2, 0.25) is 0 Å². The minimum absolute atomic E-state index is 0.00815. The smallest absolute Gasteiger partial charge is 0.312 e. The van der Waals surface area contributed by atoms with Crippen LogP contribution in [0.25, 0.3) is 33.3 Å². The largest absolute Gasteiger partial charge is 0.507 e. The number of aliphatic hydroxyl groups is 3. The minimum Gasteiger partial charge on any atom is -0.507 e. The van der Waals surface area contributed by atoms with Gasteiger partial charge in [-0.15, -0.1) is 0 Å². The molecule has 1 aliphatic carbocycles. The quantitative estimate of drug-likeness (QED) is 0.106. The fraction of sp³-hybridized carbons (Fsp3) is 0.429. The van der Waals surface area contributed by atoms with E-state index in [-0.39, 0.29) is 67.2 Å². The average Bonchev–Trinajstić information content (AvgIpc) is 3.43. The van der Waals surface area contributed by atoms with E-state index in [0.717, 1.165) is 0 Å². The molecule has 0 radical (unpaired) electrons. The number of Topliss-reactive ketones (excluding diaryl/α,β-unsaturated/α-hetero) is 1. The molecule has 0 aromatic heterocycles. The Hall–Kier alpha value is -5.28. The lowest BCUT2D eigenvalue weighted by Crippen LogP contribution is -2.44. The summed E-state index contributed by atoms with van der Waals surface area (Å²) in [5.41, 5.74) is -0.643. The van der Waals surface area contributed by atoms with Crippen molar-refractivity contribution < 1.29 is 53.7 Å². The summed E-state index contributed by atoms with van der Waals surface area (Å²) in [6, 6.07) is 3.05. The highest BCUT2D eigenvalue weighted by atomic mass is 16.7. The van der Waals surface area contributed by atoms with Crippen LogP contribution in [0, 0.1) is 37.5 Å². The molecule has 1 amide bonds. The van der Waals surface area contributed by atoms with Gasteiger partial charge in [0.1, 0.15) is 34.1 Å². The van der Waals surface area contributed by atoms with Gasteiger partial charge in [-0.1, -0.05) is 45.9 Å². The van der Waals surface area contributed by atoms with E-state index < -0.39 is 76.7 Å². The molecule has 4 aliphatic rings. The summed E-state index contributed by atoms with van der Waals surface area (Å²) in [5.74, 6) is -7.04. The number of amides is 1. The Morgan fingerprint density at radius 1 is 0.893 bits per heavy atom. The number of fused-ring (bicyclic) bond motifs is 2. The van der Waals surface area contributed by atoms with Crippen LogP contribution in [-0.2, 0) is 14.3 Å². The van der Waals surface area contributed by atoms with Crippen molar-refractivity contribution in [1.29, 1.82) is 0 Å². The predicted molar refractivity (Wildman–Crippen MR) is 208 cm³/mol. The molecule has 14 nitrogen and oxygen atoms in total. The van der Waals surface area contributed by atoms with Gasteiger partial charge in [0, 0.05) is 54.2 Å². The normalized spacial score (nSPS) is 31.2. The second kappa shape index (κ2) is 15.0. The number of hydrogen-bond acceptors (Lipinski definition) is 13. The number of aromatic hydroxyl groups is 2. The van der Waals surface area contributed by atoms with Crippen molar-refractivity contribution in [2.75, 3.05) is 12.4 Å². The van der Waals surface area contributed by atoms with Crippen molar-refractivity contribution >= 4 is 39.2 Å². The Labute approximate surface area is 323 Å². The van der Waals surface area contributed by atoms with Crippen LogP contribution < -0.4 is 15.5 Å². The molecule has 298 valence electrons. The van der Waals surface area contributed by atoms with E-state index in [2.05, 4.69) is 10.3 Å². The molecule has 0 fully saturated rings. The first kappa shape index (κ1) is 40.4. The molecule has 3 heterocycles. The molecule has 2 aromatic rings. The summed E-state index contributed by atoms with van der Waals surface area (Å²) in [6.45, 7) is 12.9. The monoisotopic (exact) mass is 772 g/mol. The molecule has 3 aliphatic heterocycles. The number of ether oxygens (including phenoxy) is 3. The number of allylic oxidation sites excluding steroid dienone is 2. The van der Waals surface area contributed by atoms with E-state index in [4.69, 9.17) is 18.6 Å². The number of anilines is 1. The van der Waals surface area contributed by atoms with Gasteiger partial charge in [0.05, 0.1) is 41.6 Å². The Bertz CT molecular complexity index is 2360. The number of benzene rings is 3. The van der Waals surface area contributed by atoms with Crippen LogP contribution in [0.15, 0.2) is 57.5 Å². The first-order chi connectivity index (χ1) is 26.3. The second-order valence-corrected chi connectivity index (χ2v) is 15.3. The Kier molecular flexibility index (Phi) is 10.8. The van der Waals surface area contributed by atoms with Gasteiger partial charge in [-0.05, 0) is 44.5 Å². The molecule has 56 heavy (non-hydrogen) atoms. The van der Waals surface area contributed by atoms with Gasteiger partial charge < -0.3 is 49.5 Å². The number of methoxy groups -OCH3 is 1. The zero-order valence-electron chi connectivity index (χ0n) is 32.7. The zero-order valence-corrected chi connectivity index (χ0v) is 32.7. The Morgan fingerprint density at radius 3 is 2.23 bits per heavy atom.